The SMILES string of the molecule is CCSC1=C(C(=O)O)C(C)=CC(N2CCOCC2)N1Cc1ccc(F)c(OC)c1. The van der Waals surface area contributed by atoms with Crippen molar-refractivity contribution in [1.82, 2.24) is 9.80 Å². The maximum Gasteiger partial charge on any atom is 0.338 e. The number of hydrogen-bond donors (Lipinski definition) is 1. The van der Waals surface area contributed by atoms with Gasteiger partial charge in [-0.15, -0.1) is 11.8 Å². The second-order valence-corrected chi connectivity index (χ2v) is 8.18. The molecule has 1 fully saturated rings. The van der Waals surface area contributed by atoms with E-state index in [1.165, 1.54) is 24.9 Å². The summed E-state index contributed by atoms with van der Waals surface area (Å²) in [5, 5.41) is 10.6. The van der Waals surface area contributed by atoms with E-state index in [1.54, 1.807) is 12.1 Å². The lowest BCUT2D eigenvalue weighted by Gasteiger charge is -2.44. The molecule has 1 saturated heterocycles. The van der Waals surface area contributed by atoms with Crippen molar-refractivity contribution in [2.45, 2.75) is 26.6 Å². The predicted molar refractivity (Wildman–Crippen MR) is 111 cm³/mol. The van der Waals surface area contributed by atoms with E-state index in [2.05, 4.69) is 9.80 Å². The lowest BCUT2D eigenvalue weighted by molar-refractivity contribution is -0.132. The van der Waals surface area contributed by atoms with Crippen LogP contribution >= 0.6 is 11.8 Å². The summed E-state index contributed by atoms with van der Waals surface area (Å²) >= 11 is 1.52. The van der Waals surface area contributed by atoms with Crippen molar-refractivity contribution in [3.05, 3.63) is 51.8 Å². The molecule has 6 nitrogen and oxygen atoms in total. The fourth-order valence-corrected chi connectivity index (χ4v) is 4.69. The topological polar surface area (TPSA) is 62.2 Å². The standard InChI is InChI=1S/C21H27FN2O4S/c1-4-29-20-19(21(25)26)14(2)11-18(23-7-9-28-10-8-23)24(20)13-15-5-6-16(22)17(12-15)27-3/h5-6,11-12,18H,4,7-10,13H2,1-3H3,(H,25,26). The van der Waals surface area contributed by atoms with E-state index in [9.17, 15) is 14.3 Å². The average molecular weight is 423 g/mol. The number of carboxylic acids is 1. The van der Waals surface area contributed by atoms with E-state index in [-0.39, 0.29) is 11.9 Å². The molecule has 0 spiro atoms. The number of thioether (sulfide) groups is 1. The molecule has 0 saturated carbocycles. The first-order valence-electron chi connectivity index (χ1n) is 9.66. The van der Waals surface area contributed by atoms with Gasteiger partial charge in [-0.3, -0.25) is 4.90 Å². The summed E-state index contributed by atoms with van der Waals surface area (Å²) in [4.78, 5) is 16.4. The Labute approximate surface area is 175 Å². The molecule has 1 aromatic carbocycles. The lowest BCUT2D eigenvalue weighted by atomic mass is 10.0. The minimum atomic E-state index is -0.934. The summed E-state index contributed by atoms with van der Waals surface area (Å²) in [6, 6.07) is 4.77. The molecule has 0 amide bonds. The molecule has 2 heterocycles. The van der Waals surface area contributed by atoms with Gasteiger partial charge in [0.1, 0.15) is 6.17 Å². The number of carboxylic acid groups (broad SMARTS) is 1. The van der Waals surface area contributed by atoms with Gasteiger partial charge in [-0.1, -0.05) is 13.0 Å². The van der Waals surface area contributed by atoms with Crippen LogP contribution in [0.15, 0.2) is 40.5 Å². The summed E-state index contributed by atoms with van der Waals surface area (Å²) in [5.41, 5.74) is 1.95. The van der Waals surface area contributed by atoms with Crippen LogP contribution in [0.4, 0.5) is 4.39 Å². The number of hydrogen-bond acceptors (Lipinski definition) is 6. The molecule has 2 aliphatic heterocycles. The highest BCUT2D eigenvalue weighted by Crippen LogP contribution is 2.37. The second-order valence-electron chi connectivity index (χ2n) is 6.93. The average Bonchev–Trinajstić information content (AvgIpc) is 2.71. The molecular weight excluding hydrogens is 395 g/mol. The third-order valence-electron chi connectivity index (χ3n) is 5.07. The van der Waals surface area contributed by atoms with Gasteiger partial charge in [0.2, 0.25) is 0 Å². The second kappa shape index (κ2) is 9.65. The van der Waals surface area contributed by atoms with Gasteiger partial charge < -0.3 is 19.5 Å². The Bertz CT molecular complexity index is 821. The molecular formula is C21H27FN2O4S. The van der Waals surface area contributed by atoms with Crippen LogP contribution in [0.25, 0.3) is 0 Å². The van der Waals surface area contributed by atoms with E-state index >= 15 is 0 Å². The Balaban J connectivity index is 2.03. The normalized spacial score (nSPS) is 20.6. The third kappa shape index (κ3) is 4.76. The van der Waals surface area contributed by atoms with E-state index in [0.29, 0.717) is 25.3 Å². The highest BCUT2D eigenvalue weighted by atomic mass is 32.2. The monoisotopic (exact) mass is 422 g/mol. The number of rotatable bonds is 7. The van der Waals surface area contributed by atoms with Gasteiger partial charge in [-0.05, 0) is 42.0 Å². The first-order valence-corrected chi connectivity index (χ1v) is 10.6. The molecule has 0 bridgehead atoms. The van der Waals surface area contributed by atoms with Crippen LogP contribution in [0.2, 0.25) is 0 Å². The highest BCUT2D eigenvalue weighted by Gasteiger charge is 2.34. The van der Waals surface area contributed by atoms with Gasteiger partial charge in [0, 0.05) is 19.6 Å². The fraction of sp³-hybridized carbons (Fsp3) is 0.476. The van der Waals surface area contributed by atoms with Crippen LogP contribution < -0.4 is 4.74 Å². The molecule has 29 heavy (non-hydrogen) atoms. The fourth-order valence-electron chi connectivity index (χ4n) is 3.69. The van der Waals surface area contributed by atoms with Gasteiger partial charge in [0.05, 0.1) is 30.9 Å². The maximum absolute atomic E-state index is 13.9. The van der Waals surface area contributed by atoms with Crippen LogP contribution in [0.3, 0.4) is 0 Å². The minimum absolute atomic E-state index is 0.0907. The van der Waals surface area contributed by atoms with Crippen LogP contribution in [0.1, 0.15) is 19.4 Å². The highest BCUT2D eigenvalue weighted by molar-refractivity contribution is 8.03. The van der Waals surface area contributed by atoms with E-state index in [1.807, 2.05) is 19.9 Å². The Morgan fingerprint density at radius 1 is 1.38 bits per heavy atom. The van der Waals surface area contributed by atoms with Crippen molar-refractivity contribution in [2.24, 2.45) is 0 Å². The Morgan fingerprint density at radius 2 is 2.10 bits per heavy atom. The van der Waals surface area contributed by atoms with Crippen molar-refractivity contribution >= 4 is 17.7 Å². The molecule has 1 unspecified atom stereocenters. The van der Waals surface area contributed by atoms with Gasteiger partial charge >= 0.3 is 5.97 Å². The van der Waals surface area contributed by atoms with Crippen LogP contribution in [-0.2, 0) is 16.1 Å². The van der Waals surface area contributed by atoms with Crippen LogP contribution in [0.5, 0.6) is 5.75 Å². The Hall–Kier alpha value is -2.03. The van der Waals surface area contributed by atoms with Crippen molar-refractivity contribution in [3.63, 3.8) is 0 Å². The van der Waals surface area contributed by atoms with Crippen molar-refractivity contribution in [3.8, 4) is 5.75 Å². The predicted octanol–water partition coefficient (Wildman–Crippen LogP) is 3.30. The van der Waals surface area contributed by atoms with Gasteiger partial charge in [-0.25, -0.2) is 9.18 Å². The smallest absolute Gasteiger partial charge is 0.338 e. The summed E-state index contributed by atoms with van der Waals surface area (Å²) in [5.74, 6) is -0.420. The van der Waals surface area contributed by atoms with Crippen LogP contribution in [-0.4, -0.2) is 66.2 Å². The summed E-state index contributed by atoms with van der Waals surface area (Å²) in [7, 11) is 1.44. The first kappa shape index (κ1) is 21.7. The van der Waals surface area contributed by atoms with Gasteiger partial charge in [0.15, 0.2) is 11.6 Å². The molecule has 158 valence electrons. The number of benzene rings is 1. The van der Waals surface area contributed by atoms with Gasteiger partial charge in [-0.2, -0.15) is 0 Å². The zero-order chi connectivity index (χ0) is 21.0. The number of halogens is 1. The van der Waals surface area contributed by atoms with E-state index < -0.39 is 11.8 Å². The van der Waals surface area contributed by atoms with Crippen molar-refractivity contribution in [2.75, 3.05) is 39.2 Å². The summed E-state index contributed by atoms with van der Waals surface area (Å²) in [6.45, 7) is 7.13. The molecule has 1 aromatic rings. The Morgan fingerprint density at radius 3 is 2.72 bits per heavy atom. The number of nitrogens with zero attached hydrogens (tertiary/aromatic N) is 2. The lowest BCUT2D eigenvalue weighted by Crippen LogP contribution is -2.52. The van der Waals surface area contributed by atoms with Crippen molar-refractivity contribution in [1.29, 1.82) is 0 Å². The zero-order valence-corrected chi connectivity index (χ0v) is 17.8. The van der Waals surface area contributed by atoms with Gasteiger partial charge in [0.25, 0.3) is 0 Å². The molecule has 0 aromatic heterocycles. The first-order chi connectivity index (χ1) is 14.0. The largest absolute Gasteiger partial charge is 0.494 e. The number of ether oxygens (including phenoxy) is 2. The number of methoxy groups -OCH3 is 1. The minimum Gasteiger partial charge on any atom is -0.494 e. The molecule has 1 atom stereocenters. The summed E-state index contributed by atoms with van der Waals surface area (Å²) in [6.07, 6.45) is 1.92. The summed E-state index contributed by atoms with van der Waals surface area (Å²) < 4.78 is 24.5. The van der Waals surface area contributed by atoms with E-state index in [4.69, 9.17) is 9.47 Å². The number of morpholine rings is 1. The molecule has 3 rings (SSSR count). The van der Waals surface area contributed by atoms with E-state index in [0.717, 1.165) is 35.0 Å². The molecule has 8 heteroatoms. The molecule has 0 radical (unpaired) electrons. The van der Waals surface area contributed by atoms with Crippen LogP contribution in [0, 0.1) is 5.82 Å². The quantitative estimate of drug-likeness (QED) is 0.723. The third-order valence-corrected chi connectivity index (χ3v) is 6.07. The zero-order valence-electron chi connectivity index (χ0n) is 17.0. The number of aliphatic carboxylic acids is 1. The molecule has 1 N–H and O–H groups in total. The van der Waals surface area contributed by atoms with Crippen molar-refractivity contribution < 1.29 is 23.8 Å². The maximum atomic E-state index is 13.9. The number of carbonyl (C=O) groups is 1. The molecule has 2 aliphatic rings. The Kier molecular flexibility index (Phi) is 7.21. The molecule has 0 aliphatic carbocycles.